The van der Waals surface area contributed by atoms with Crippen molar-refractivity contribution < 1.29 is 37.4 Å². The summed E-state index contributed by atoms with van der Waals surface area (Å²) in [6.45, 7) is 2.72. The largest absolute Gasteiger partial charge is 0.486 e. The van der Waals surface area contributed by atoms with Crippen molar-refractivity contribution in [3.8, 4) is 5.75 Å². The normalized spacial score (nSPS) is 10.6. The maximum Gasteiger partial charge on any atom is 0.374 e. The highest BCUT2D eigenvalue weighted by atomic mass is 19.1. The van der Waals surface area contributed by atoms with E-state index in [1.807, 2.05) is 0 Å². The van der Waals surface area contributed by atoms with Crippen molar-refractivity contribution >= 4 is 17.7 Å². The lowest BCUT2D eigenvalue weighted by Gasteiger charge is -2.04. The minimum absolute atomic E-state index is 0.0229. The highest BCUT2D eigenvalue weighted by Crippen LogP contribution is 2.20. The summed E-state index contributed by atoms with van der Waals surface area (Å²) >= 11 is 0. The molecule has 162 valence electrons. The summed E-state index contributed by atoms with van der Waals surface area (Å²) < 4.78 is 33.4. The first-order valence-electron chi connectivity index (χ1n) is 9.25. The minimum Gasteiger partial charge on any atom is -0.486 e. The van der Waals surface area contributed by atoms with Crippen molar-refractivity contribution in [1.82, 2.24) is 4.98 Å². The smallest absolute Gasteiger partial charge is 0.374 e. The molecule has 1 N–H and O–H groups in total. The van der Waals surface area contributed by atoms with Crippen LogP contribution in [-0.2, 0) is 16.1 Å². The number of halogens is 1. The molecule has 0 aliphatic rings. The number of ketones is 1. The highest BCUT2D eigenvalue weighted by molar-refractivity contribution is 6.03. The molecule has 0 aliphatic heterocycles. The van der Waals surface area contributed by atoms with Gasteiger partial charge in [0.2, 0.25) is 11.5 Å². The lowest BCUT2D eigenvalue weighted by atomic mass is 10.1. The number of benzene rings is 1. The Hall–Kier alpha value is -3.88. The van der Waals surface area contributed by atoms with Crippen molar-refractivity contribution in [2.45, 2.75) is 20.5 Å². The van der Waals surface area contributed by atoms with Crippen LogP contribution in [0.1, 0.15) is 48.4 Å². The average Bonchev–Trinajstić information content (AvgIpc) is 3.35. The van der Waals surface area contributed by atoms with Gasteiger partial charge in [0, 0.05) is 5.69 Å². The molecule has 0 spiro atoms. The first kappa shape index (κ1) is 21.8. The molecule has 9 heteroatoms. The Kier molecular flexibility index (Phi) is 6.54. The number of nitrogens with one attached hydrogen (secondary N) is 1. The molecule has 0 radical (unpaired) electrons. The van der Waals surface area contributed by atoms with E-state index in [9.17, 15) is 18.8 Å². The van der Waals surface area contributed by atoms with E-state index >= 15 is 0 Å². The van der Waals surface area contributed by atoms with E-state index in [2.05, 4.69) is 4.98 Å². The zero-order valence-electron chi connectivity index (χ0n) is 17.1. The number of ether oxygens (including phenoxy) is 3. The van der Waals surface area contributed by atoms with Gasteiger partial charge in [-0.15, -0.1) is 0 Å². The van der Waals surface area contributed by atoms with Crippen LogP contribution < -0.4 is 4.74 Å². The summed E-state index contributed by atoms with van der Waals surface area (Å²) in [6.07, 6.45) is 0. The number of rotatable bonds is 8. The van der Waals surface area contributed by atoms with Gasteiger partial charge < -0.3 is 23.6 Å². The Bertz CT molecular complexity index is 1110. The van der Waals surface area contributed by atoms with E-state index < -0.39 is 24.3 Å². The van der Waals surface area contributed by atoms with Gasteiger partial charge in [-0.25, -0.2) is 14.0 Å². The second kappa shape index (κ2) is 9.29. The van der Waals surface area contributed by atoms with E-state index in [-0.39, 0.29) is 29.4 Å². The van der Waals surface area contributed by atoms with Crippen molar-refractivity contribution in [3.05, 3.63) is 76.3 Å². The van der Waals surface area contributed by atoms with Crippen LogP contribution >= 0.6 is 0 Å². The van der Waals surface area contributed by atoms with Gasteiger partial charge >= 0.3 is 11.9 Å². The Balaban J connectivity index is 1.57. The molecular weight excluding hydrogens is 409 g/mol. The lowest BCUT2D eigenvalue weighted by Crippen LogP contribution is -2.15. The Morgan fingerprint density at radius 2 is 1.74 bits per heavy atom. The molecule has 2 heterocycles. The number of furan rings is 1. The lowest BCUT2D eigenvalue weighted by molar-refractivity contribution is 0.0439. The molecule has 0 bridgehead atoms. The van der Waals surface area contributed by atoms with E-state index in [0.29, 0.717) is 22.8 Å². The molecule has 3 rings (SSSR count). The molecule has 3 aromatic rings. The molecule has 0 atom stereocenters. The SMILES string of the molecule is COC(=O)c1c(C)[nH]c(C(=O)COC(=O)c2ccc(COc3ccc(F)cc3)o2)c1C. The highest BCUT2D eigenvalue weighted by Gasteiger charge is 2.23. The van der Waals surface area contributed by atoms with Crippen LogP contribution in [-0.4, -0.2) is 36.4 Å². The van der Waals surface area contributed by atoms with Gasteiger partial charge in [-0.1, -0.05) is 0 Å². The number of carbonyl (C=O) groups is 3. The number of aromatic nitrogens is 1. The van der Waals surface area contributed by atoms with Crippen molar-refractivity contribution in [2.24, 2.45) is 0 Å². The third-order valence-electron chi connectivity index (χ3n) is 4.50. The van der Waals surface area contributed by atoms with Gasteiger partial charge in [0.05, 0.1) is 18.4 Å². The summed E-state index contributed by atoms with van der Waals surface area (Å²) in [4.78, 5) is 39.3. The summed E-state index contributed by atoms with van der Waals surface area (Å²) in [5.41, 5.74) is 1.34. The Morgan fingerprint density at radius 3 is 2.42 bits per heavy atom. The van der Waals surface area contributed by atoms with Crippen molar-refractivity contribution in [3.63, 3.8) is 0 Å². The number of H-pyrrole nitrogens is 1. The summed E-state index contributed by atoms with van der Waals surface area (Å²) in [7, 11) is 1.25. The van der Waals surface area contributed by atoms with Gasteiger partial charge in [-0.2, -0.15) is 0 Å². The van der Waals surface area contributed by atoms with E-state index in [1.54, 1.807) is 13.8 Å². The summed E-state index contributed by atoms with van der Waals surface area (Å²) in [5, 5.41) is 0. The summed E-state index contributed by atoms with van der Waals surface area (Å²) in [6, 6.07) is 8.39. The first-order chi connectivity index (χ1) is 14.8. The number of carbonyl (C=O) groups excluding carboxylic acids is 3. The quantitative estimate of drug-likeness (QED) is 0.429. The maximum atomic E-state index is 12.9. The van der Waals surface area contributed by atoms with E-state index in [1.165, 1.54) is 43.5 Å². The molecule has 0 aliphatic carbocycles. The van der Waals surface area contributed by atoms with Crippen molar-refractivity contribution in [2.75, 3.05) is 13.7 Å². The predicted octanol–water partition coefficient (Wildman–Crippen LogP) is 3.77. The van der Waals surface area contributed by atoms with Crippen LogP contribution in [0.3, 0.4) is 0 Å². The zero-order chi connectivity index (χ0) is 22.5. The van der Waals surface area contributed by atoms with Crippen LogP contribution in [0.5, 0.6) is 5.75 Å². The van der Waals surface area contributed by atoms with Gasteiger partial charge in [-0.3, -0.25) is 4.79 Å². The van der Waals surface area contributed by atoms with Crippen LogP contribution in [0, 0.1) is 19.7 Å². The van der Waals surface area contributed by atoms with E-state index in [4.69, 9.17) is 18.6 Å². The minimum atomic E-state index is -0.824. The third kappa shape index (κ3) is 5.00. The van der Waals surface area contributed by atoms with Gasteiger partial charge in [0.25, 0.3) is 0 Å². The monoisotopic (exact) mass is 429 g/mol. The standard InChI is InChI=1S/C22H20FNO7/c1-12-19(22(27)28-3)13(2)24-20(12)17(25)11-30-21(26)18-9-8-16(31-18)10-29-15-6-4-14(23)5-7-15/h4-9,24H,10-11H2,1-3H3. The van der Waals surface area contributed by atoms with Gasteiger partial charge in [0.15, 0.2) is 6.61 Å². The average molecular weight is 429 g/mol. The molecule has 8 nitrogen and oxygen atoms in total. The van der Waals surface area contributed by atoms with E-state index in [0.717, 1.165) is 0 Å². The fraction of sp³-hybridized carbons (Fsp3) is 0.227. The molecule has 2 aromatic heterocycles. The molecule has 0 saturated carbocycles. The van der Waals surface area contributed by atoms with Gasteiger partial charge in [-0.05, 0) is 55.8 Å². The fourth-order valence-electron chi connectivity index (χ4n) is 2.96. The van der Waals surface area contributed by atoms with Crippen LogP contribution in [0.2, 0.25) is 0 Å². The molecule has 0 amide bonds. The van der Waals surface area contributed by atoms with Crippen LogP contribution in [0.15, 0.2) is 40.8 Å². The predicted molar refractivity (Wildman–Crippen MR) is 106 cm³/mol. The first-order valence-corrected chi connectivity index (χ1v) is 9.25. The number of esters is 2. The third-order valence-corrected chi connectivity index (χ3v) is 4.50. The Morgan fingerprint density at radius 1 is 1.03 bits per heavy atom. The number of methoxy groups -OCH3 is 1. The summed E-state index contributed by atoms with van der Waals surface area (Å²) in [5.74, 6) is -1.58. The van der Waals surface area contributed by atoms with Crippen LogP contribution in [0.25, 0.3) is 0 Å². The number of Topliss-reactive ketones (excluding diaryl/α,β-unsaturated/α-hetero) is 1. The fourth-order valence-corrected chi connectivity index (χ4v) is 2.96. The zero-order valence-corrected chi connectivity index (χ0v) is 17.1. The number of aromatic amines is 1. The number of hydrogen-bond donors (Lipinski definition) is 1. The van der Waals surface area contributed by atoms with Gasteiger partial charge in [0.1, 0.15) is 23.9 Å². The molecule has 0 unspecified atom stereocenters. The number of hydrogen-bond acceptors (Lipinski definition) is 7. The second-order valence-electron chi connectivity index (χ2n) is 6.62. The molecule has 0 saturated heterocycles. The second-order valence-corrected chi connectivity index (χ2v) is 6.62. The van der Waals surface area contributed by atoms with Crippen molar-refractivity contribution in [1.29, 1.82) is 0 Å². The molecule has 0 fully saturated rings. The maximum absolute atomic E-state index is 12.9. The number of aryl methyl sites for hydroxylation is 1. The van der Waals surface area contributed by atoms with Crippen LogP contribution in [0.4, 0.5) is 4.39 Å². The molecule has 1 aromatic carbocycles. The molecule has 31 heavy (non-hydrogen) atoms. The molecular formula is C22H20FNO7. The topological polar surface area (TPSA) is 108 Å². The Labute approximate surface area is 176 Å².